The van der Waals surface area contributed by atoms with E-state index in [1.54, 1.807) is 26.0 Å². The zero-order chi connectivity index (χ0) is 22.2. The van der Waals surface area contributed by atoms with Crippen LogP contribution in [0.1, 0.15) is 31.4 Å². The van der Waals surface area contributed by atoms with Crippen molar-refractivity contribution in [2.24, 2.45) is 10.4 Å². The van der Waals surface area contributed by atoms with E-state index < -0.39 is 23.6 Å². The van der Waals surface area contributed by atoms with Gasteiger partial charge in [-0.2, -0.15) is 13.2 Å². The number of hydrogen-bond acceptors (Lipinski definition) is 3. The second-order valence-corrected chi connectivity index (χ2v) is 9.18. The van der Waals surface area contributed by atoms with E-state index in [0.717, 1.165) is 10.0 Å². The molecule has 4 nitrogen and oxygen atoms in total. The first kappa shape index (κ1) is 22.5. The van der Waals surface area contributed by atoms with Gasteiger partial charge in [0.25, 0.3) is 0 Å². The fourth-order valence-electron chi connectivity index (χ4n) is 3.69. The van der Waals surface area contributed by atoms with E-state index in [1.165, 1.54) is 6.07 Å². The number of benzene rings is 2. The zero-order valence-electron chi connectivity index (χ0n) is 16.6. The summed E-state index contributed by atoms with van der Waals surface area (Å²) in [5, 5.41) is 13.2. The summed E-state index contributed by atoms with van der Waals surface area (Å²) in [5.74, 6) is -0.242. The van der Waals surface area contributed by atoms with Crippen molar-refractivity contribution in [1.82, 2.24) is 0 Å². The summed E-state index contributed by atoms with van der Waals surface area (Å²) in [4.78, 5) is 15.5. The van der Waals surface area contributed by atoms with Gasteiger partial charge >= 0.3 is 6.18 Å². The third-order valence-electron chi connectivity index (χ3n) is 5.03. The summed E-state index contributed by atoms with van der Waals surface area (Å²) in [7, 11) is 0. The molecular weight excluding hydrogens is 461 g/mol. The number of alkyl halides is 3. The first-order chi connectivity index (χ1) is 13.9. The summed E-state index contributed by atoms with van der Waals surface area (Å²) in [5.41, 5.74) is -1.91. The minimum atomic E-state index is -4.91. The predicted octanol–water partition coefficient (Wildman–Crippen LogP) is 5.60. The van der Waals surface area contributed by atoms with Crippen LogP contribution in [0, 0.1) is 5.41 Å². The van der Waals surface area contributed by atoms with Gasteiger partial charge < -0.3 is 10.4 Å². The molecule has 1 aliphatic rings. The van der Waals surface area contributed by atoms with E-state index in [9.17, 15) is 23.1 Å². The van der Waals surface area contributed by atoms with Crippen molar-refractivity contribution in [3.05, 3.63) is 58.1 Å². The number of aliphatic imine (C=N–C) groups is 1. The molecule has 3 rings (SSSR count). The molecule has 0 aliphatic carbocycles. The minimum absolute atomic E-state index is 0.154. The Balaban J connectivity index is 1.89. The van der Waals surface area contributed by atoms with Gasteiger partial charge in [0.2, 0.25) is 5.91 Å². The van der Waals surface area contributed by atoms with E-state index in [0.29, 0.717) is 23.9 Å². The SMILES string of the molecule is CC(C)(Cc1ccccc1Br)CC(O)(/C=N/c1cccc2c1NC(=O)C2)C(F)(F)F. The molecule has 1 heterocycles. The highest BCUT2D eigenvalue weighted by Gasteiger charge is 2.55. The molecule has 2 aromatic carbocycles. The van der Waals surface area contributed by atoms with Gasteiger partial charge in [-0.1, -0.05) is 60.1 Å². The summed E-state index contributed by atoms with van der Waals surface area (Å²) >= 11 is 3.42. The van der Waals surface area contributed by atoms with Gasteiger partial charge in [0.15, 0.2) is 5.60 Å². The van der Waals surface area contributed by atoms with Gasteiger partial charge in [-0.15, -0.1) is 0 Å². The zero-order valence-corrected chi connectivity index (χ0v) is 18.1. The van der Waals surface area contributed by atoms with E-state index in [-0.39, 0.29) is 18.0 Å². The molecule has 0 aromatic heterocycles. The number of carbonyl (C=O) groups is 1. The molecule has 1 aliphatic heterocycles. The predicted molar refractivity (Wildman–Crippen MR) is 114 cm³/mol. The lowest BCUT2D eigenvalue weighted by Gasteiger charge is -2.35. The molecule has 2 N–H and O–H groups in total. The molecule has 0 saturated carbocycles. The summed E-state index contributed by atoms with van der Waals surface area (Å²) in [6.45, 7) is 3.36. The number of carbonyl (C=O) groups excluding carboxylic acids is 1. The Labute approximate surface area is 181 Å². The van der Waals surface area contributed by atoms with Crippen molar-refractivity contribution in [2.45, 2.75) is 44.9 Å². The van der Waals surface area contributed by atoms with Gasteiger partial charge in [-0.25, -0.2) is 0 Å². The lowest BCUT2D eigenvalue weighted by atomic mass is 9.76. The number of amides is 1. The standard InChI is InChI=1S/C22H22BrF3N2O2/c1-20(2,11-15-6-3-4-8-16(15)23)12-21(30,22(24,25)26)13-27-17-9-5-7-14-10-18(29)28-19(14)17/h3-9,13,30H,10-12H2,1-2H3,(H,28,29)/b27-13+. The smallest absolute Gasteiger partial charge is 0.376 e. The fourth-order valence-corrected chi connectivity index (χ4v) is 4.11. The summed E-state index contributed by atoms with van der Waals surface area (Å²) < 4.78 is 42.4. The Bertz CT molecular complexity index is 989. The van der Waals surface area contributed by atoms with Gasteiger partial charge in [0.1, 0.15) is 0 Å². The van der Waals surface area contributed by atoms with Crippen LogP contribution >= 0.6 is 15.9 Å². The first-order valence-corrected chi connectivity index (χ1v) is 10.2. The van der Waals surface area contributed by atoms with E-state index in [2.05, 4.69) is 26.2 Å². The Hall–Kier alpha value is -2.19. The van der Waals surface area contributed by atoms with Crippen LogP contribution in [0.25, 0.3) is 0 Å². The van der Waals surface area contributed by atoms with Gasteiger partial charge in [-0.05, 0) is 41.5 Å². The van der Waals surface area contributed by atoms with Crippen molar-refractivity contribution in [3.63, 3.8) is 0 Å². The molecule has 2 aromatic rings. The quantitative estimate of drug-likeness (QED) is 0.526. The number of rotatable bonds is 6. The van der Waals surface area contributed by atoms with E-state index in [1.807, 2.05) is 24.3 Å². The normalized spacial score (nSPS) is 16.4. The number of hydrogen-bond donors (Lipinski definition) is 2. The van der Waals surface area contributed by atoms with Crippen LogP contribution in [0.4, 0.5) is 24.5 Å². The number of nitrogens with zero attached hydrogens (tertiary/aromatic N) is 1. The Morgan fingerprint density at radius 1 is 1.17 bits per heavy atom. The number of aliphatic hydroxyl groups is 1. The largest absolute Gasteiger partial charge is 0.422 e. The summed E-state index contributed by atoms with van der Waals surface area (Å²) in [6, 6.07) is 12.1. The van der Waals surface area contributed by atoms with Crippen molar-refractivity contribution >= 4 is 39.4 Å². The first-order valence-electron chi connectivity index (χ1n) is 9.40. The molecule has 160 valence electrons. The highest BCUT2D eigenvalue weighted by Crippen LogP contribution is 2.42. The van der Waals surface area contributed by atoms with Crippen LogP contribution < -0.4 is 5.32 Å². The molecule has 0 fully saturated rings. The molecule has 8 heteroatoms. The van der Waals surface area contributed by atoms with Crippen LogP contribution in [-0.2, 0) is 17.6 Å². The lowest BCUT2D eigenvalue weighted by molar-refractivity contribution is -0.237. The fraction of sp³-hybridized carbons (Fsp3) is 0.364. The van der Waals surface area contributed by atoms with Crippen LogP contribution in [0.5, 0.6) is 0 Å². The molecule has 1 unspecified atom stereocenters. The number of fused-ring (bicyclic) bond motifs is 1. The van der Waals surface area contributed by atoms with Crippen LogP contribution in [0.3, 0.4) is 0 Å². The molecule has 0 bridgehead atoms. The molecule has 0 saturated heterocycles. The van der Waals surface area contributed by atoms with Gasteiger partial charge in [0, 0.05) is 10.7 Å². The molecule has 1 amide bonds. The van der Waals surface area contributed by atoms with Crippen LogP contribution in [-0.4, -0.2) is 29.0 Å². The Kier molecular flexibility index (Phi) is 6.11. The number of anilines is 1. The van der Waals surface area contributed by atoms with Gasteiger partial charge in [-0.3, -0.25) is 9.79 Å². The maximum Gasteiger partial charge on any atom is 0.422 e. The number of para-hydroxylation sites is 1. The van der Waals surface area contributed by atoms with Crippen molar-refractivity contribution in [1.29, 1.82) is 0 Å². The van der Waals surface area contributed by atoms with Crippen molar-refractivity contribution < 1.29 is 23.1 Å². The maximum absolute atomic E-state index is 13.9. The average Bonchev–Trinajstić information content (AvgIpc) is 3.01. The van der Waals surface area contributed by atoms with Crippen LogP contribution in [0.15, 0.2) is 51.9 Å². The monoisotopic (exact) mass is 482 g/mol. The van der Waals surface area contributed by atoms with Crippen molar-refractivity contribution in [2.75, 3.05) is 5.32 Å². The highest BCUT2D eigenvalue weighted by molar-refractivity contribution is 9.10. The third kappa shape index (κ3) is 4.92. The average molecular weight is 483 g/mol. The Morgan fingerprint density at radius 3 is 2.53 bits per heavy atom. The molecule has 1 atom stereocenters. The molecular formula is C22H22BrF3N2O2. The van der Waals surface area contributed by atoms with E-state index >= 15 is 0 Å². The van der Waals surface area contributed by atoms with Crippen LogP contribution in [0.2, 0.25) is 0 Å². The minimum Gasteiger partial charge on any atom is -0.376 e. The second-order valence-electron chi connectivity index (χ2n) is 8.33. The summed E-state index contributed by atoms with van der Waals surface area (Å²) in [6.07, 6.45) is -4.45. The van der Waals surface area contributed by atoms with Crippen molar-refractivity contribution in [3.8, 4) is 0 Å². The second kappa shape index (κ2) is 8.15. The lowest BCUT2D eigenvalue weighted by Crippen LogP contribution is -2.50. The third-order valence-corrected chi connectivity index (χ3v) is 5.80. The topological polar surface area (TPSA) is 61.7 Å². The van der Waals surface area contributed by atoms with E-state index in [4.69, 9.17) is 0 Å². The number of nitrogens with one attached hydrogen (secondary N) is 1. The molecule has 30 heavy (non-hydrogen) atoms. The van der Waals surface area contributed by atoms with Gasteiger partial charge in [0.05, 0.1) is 17.8 Å². The highest BCUT2D eigenvalue weighted by atomic mass is 79.9. The molecule has 0 radical (unpaired) electrons. The Morgan fingerprint density at radius 2 is 1.87 bits per heavy atom. The number of halogens is 4. The molecule has 0 spiro atoms. The maximum atomic E-state index is 13.9.